The van der Waals surface area contributed by atoms with E-state index in [2.05, 4.69) is 64.8 Å². The van der Waals surface area contributed by atoms with Crippen molar-refractivity contribution in [2.45, 2.75) is 12.5 Å². The number of rotatable bonds is 4. The maximum atomic E-state index is 9.73. The molecule has 0 spiro atoms. The summed E-state index contributed by atoms with van der Waals surface area (Å²) in [5, 5.41) is 18.4. The predicted molar refractivity (Wildman–Crippen MR) is 108 cm³/mol. The van der Waals surface area contributed by atoms with Gasteiger partial charge in [0.2, 0.25) is 0 Å². The number of nitrogens with one attached hydrogen (secondary N) is 1. The summed E-state index contributed by atoms with van der Waals surface area (Å²) in [7, 11) is 0. The molecule has 0 amide bonds. The van der Waals surface area contributed by atoms with Crippen LogP contribution < -0.4 is 5.32 Å². The minimum Gasteiger partial charge on any atom is -0.396 e. The van der Waals surface area contributed by atoms with E-state index in [1.54, 1.807) is 0 Å². The Morgan fingerprint density at radius 3 is 2.04 bits per heavy atom. The summed E-state index contributed by atoms with van der Waals surface area (Å²) in [4.78, 5) is 2.53. The lowest BCUT2D eigenvalue weighted by Gasteiger charge is -2.36. The summed E-state index contributed by atoms with van der Waals surface area (Å²) in [5.41, 5.74) is 1.37. The molecule has 0 bridgehead atoms. The van der Waals surface area contributed by atoms with Crippen molar-refractivity contribution in [3.63, 3.8) is 0 Å². The Morgan fingerprint density at radius 2 is 1.48 bits per heavy atom. The quantitative estimate of drug-likeness (QED) is 0.699. The Bertz CT molecular complexity index is 792. The number of nitrogens with zero attached hydrogens (tertiary/aromatic N) is 1. The maximum absolute atomic E-state index is 9.73. The molecule has 0 aliphatic carbocycles. The number of aliphatic hydroxyl groups is 1. The van der Waals surface area contributed by atoms with Crippen LogP contribution >= 0.6 is 12.4 Å². The number of aliphatic hydroxyl groups excluding tert-OH is 1. The lowest BCUT2D eigenvalue weighted by Crippen LogP contribution is -2.45. The van der Waals surface area contributed by atoms with Crippen LogP contribution in [0.5, 0.6) is 0 Å². The monoisotopic (exact) mass is 356 g/mol. The van der Waals surface area contributed by atoms with Crippen LogP contribution in [0.2, 0.25) is 0 Å². The van der Waals surface area contributed by atoms with Crippen molar-refractivity contribution >= 4 is 34.0 Å². The number of piperazine rings is 1. The molecule has 4 heteroatoms. The number of hydrogen-bond acceptors (Lipinski definition) is 3. The van der Waals surface area contributed by atoms with E-state index in [0.29, 0.717) is 0 Å². The van der Waals surface area contributed by atoms with Gasteiger partial charge in [0.1, 0.15) is 0 Å². The molecule has 1 atom stereocenters. The van der Waals surface area contributed by atoms with Crippen molar-refractivity contribution in [3.8, 4) is 0 Å². The number of benzene rings is 3. The number of halogens is 1. The zero-order chi connectivity index (χ0) is 16.4. The molecular formula is C21H25ClN2O. The van der Waals surface area contributed by atoms with E-state index < -0.39 is 0 Å². The van der Waals surface area contributed by atoms with Crippen molar-refractivity contribution in [1.29, 1.82) is 0 Å². The fourth-order valence-corrected chi connectivity index (χ4v) is 4.03. The molecule has 1 saturated heterocycles. The summed E-state index contributed by atoms with van der Waals surface area (Å²) in [6, 6.07) is 19.8. The Labute approximate surface area is 155 Å². The average Bonchev–Trinajstić information content (AvgIpc) is 2.65. The summed E-state index contributed by atoms with van der Waals surface area (Å²) < 4.78 is 0. The molecule has 0 unspecified atom stereocenters. The van der Waals surface area contributed by atoms with Crippen LogP contribution in [0.1, 0.15) is 18.0 Å². The smallest absolute Gasteiger partial charge is 0.0449 e. The first-order chi connectivity index (χ1) is 11.9. The van der Waals surface area contributed by atoms with Crippen LogP contribution in [0.4, 0.5) is 0 Å². The molecule has 1 fully saturated rings. The Balaban J connectivity index is 0.00000182. The average molecular weight is 357 g/mol. The van der Waals surface area contributed by atoms with Gasteiger partial charge < -0.3 is 10.4 Å². The molecule has 1 aliphatic rings. The van der Waals surface area contributed by atoms with Gasteiger partial charge >= 0.3 is 0 Å². The third kappa shape index (κ3) is 3.51. The van der Waals surface area contributed by atoms with Crippen molar-refractivity contribution in [3.05, 3.63) is 60.2 Å². The van der Waals surface area contributed by atoms with Gasteiger partial charge in [-0.3, -0.25) is 4.90 Å². The molecule has 1 aliphatic heterocycles. The van der Waals surface area contributed by atoms with Crippen molar-refractivity contribution < 1.29 is 5.11 Å². The Kier molecular flexibility index (Phi) is 5.92. The number of fused-ring (bicyclic) bond motifs is 2. The van der Waals surface area contributed by atoms with Crippen LogP contribution in [0.25, 0.3) is 21.5 Å². The first-order valence-corrected chi connectivity index (χ1v) is 8.84. The lowest BCUT2D eigenvalue weighted by molar-refractivity contribution is 0.143. The van der Waals surface area contributed by atoms with Crippen LogP contribution in [0, 0.1) is 0 Å². The van der Waals surface area contributed by atoms with E-state index in [1.807, 2.05) is 0 Å². The summed E-state index contributed by atoms with van der Waals surface area (Å²) >= 11 is 0. The van der Waals surface area contributed by atoms with E-state index in [4.69, 9.17) is 0 Å². The third-order valence-electron chi connectivity index (χ3n) is 5.14. The summed E-state index contributed by atoms with van der Waals surface area (Å²) in [6.07, 6.45) is 0.776. The van der Waals surface area contributed by atoms with Crippen molar-refractivity contribution in [1.82, 2.24) is 10.2 Å². The fraction of sp³-hybridized carbons (Fsp3) is 0.333. The SMILES string of the molecule is Cl.OCC[C@@H](c1c2ccccc2cc2ccccc12)N1CCNCC1. The first-order valence-electron chi connectivity index (χ1n) is 8.84. The second-order valence-corrected chi connectivity index (χ2v) is 6.55. The van der Waals surface area contributed by atoms with Gasteiger partial charge in [0.15, 0.2) is 0 Å². The third-order valence-corrected chi connectivity index (χ3v) is 5.14. The van der Waals surface area contributed by atoms with Crippen molar-refractivity contribution in [2.24, 2.45) is 0 Å². The molecule has 3 aromatic rings. The molecule has 132 valence electrons. The van der Waals surface area contributed by atoms with E-state index in [-0.39, 0.29) is 25.1 Å². The topological polar surface area (TPSA) is 35.5 Å². The second kappa shape index (κ2) is 8.15. The van der Waals surface area contributed by atoms with E-state index in [1.165, 1.54) is 27.1 Å². The first kappa shape index (κ1) is 18.2. The molecule has 2 N–H and O–H groups in total. The Hall–Kier alpha value is -1.65. The largest absolute Gasteiger partial charge is 0.396 e. The second-order valence-electron chi connectivity index (χ2n) is 6.55. The normalized spacial score (nSPS) is 16.7. The molecule has 0 radical (unpaired) electrons. The standard InChI is InChI=1S/C21H24N2O.ClH/c24-14-9-20(23-12-10-22-11-13-23)21-18-7-3-1-5-16(18)15-17-6-2-4-8-19(17)21;/h1-8,15,20,22,24H,9-14H2;1H/t20-;/m0./s1. The van der Waals surface area contributed by atoms with Gasteiger partial charge in [-0.25, -0.2) is 0 Å². The molecule has 4 rings (SSSR count). The van der Waals surface area contributed by atoms with Gasteiger partial charge in [-0.05, 0) is 39.6 Å². The van der Waals surface area contributed by atoms with Gasteiger partial charge in [0.25, 0.3) is 0 Å². The van der Waals surface area contributed by atoms with Crippen LogP contribution in [0.15, 0.2) is 54.6 Å². The summed E-state index contributed by atoms with van der Waals surface area (Å²) in [5.74, 6) is 0. The van der Waals surface area contributed by atoms with Gasteiger partial charge in [-0.2, -0.15) is 0 Å². The van der Waals surface area contributed by atoms with E-state index in [0.717, 1.165) is 32.6 Å². The highest BCUT2D eigenvalue weighted by atomic mass is 35.5. The zero-order valence-corrected chi connectivity index (χ0v) is 15.1. The van der Waals surface area contributed by atoms with Gasteiger partial charge in [0, 0.05) is 38.8 Å². The maximum Gasteiger partial charge on any atom is 0.0449 e. The summed E-state index contributed by atoms with van der Waals surface area (Å²) in [6.45, 7) is 4.31. The number of hydrogen-bond donors (Lipinski definition) is 2. The molecule has 0 aromatic heterocycles. The highest BCUT2D eigenvalue weighted by molar-refractivity contribution is 6.02. The Morgan fingerprint density at radius 1 is 0.920 bits per heavy atom. The van der Waals surface area contributed by atoms with E-state index >= 15 is 0 Å². The molecule has 1 heterocycles. The highest BCUT2D eigenvalue weighted by Gasteiger charge is 2.25. The zero-order valence-electron chi connectivity index (χ0n) is 14.3. The fourth-order valence-electron chi connectivity index (χ4n) is 4.03. The van der Waals surface area contributed by atoms with E-state index in [9.17, 15) is 5.11 Å². The minimum absolute atomic E-state index is 0. The van der Waals surface area contributed by atoms with Gasteiger partial charge in [-0.1, -0.05) is 48.5 Å². The molecule has 3 aromatic carbocycles. The molecular weight excluding hydrogens is 332 g/mol. The van der Waals surface area contributed by atoms with Crippen LogP contribution in [-0.4, -0.2) is 42.8 Å². The molecule has 3 nitrogen and oxygen atoms in total. The predicted octanol–water partition coefficient (Wildman–Crippen LogP) is 3.74. The van der Waals surface area contributed by atoms with Gasteiger partial charge in [-0.15, -0.1) is 12.4 Å². The van der Waals surface area contributed by atoms with Gasteiger partial charge in [0.05, 0.1) is 0 Å². The molecule has 0 saturated carbocycles. The minimum atomic E-state index is 0. The molecule has 25 heavy (non-hydrogen) atoms. The van der Waals surface area contributed by atoms with Crippen LogP contribution in [0.3, 0.4) is 0 Å². The van der Waals surface area contributed by atoms with Crippen LogP contribution in [-0.2, 0) is 0 Å². The van der Waals surface area contributed by atoms with Crippen molar-refractivity contribution in [2.75, 3.05) is 32.8 Å². The highest BCUT2D eigenvalue weighted by Crippen LogP contribution is 2.37. The lowest BCUT2D eigenvalue weighted by atomic mass is 9.90.